The van der Waals surface area contributed by atoms with E-state index in [1.807, 2.05) is 31.2 Å². The molecule has 2 aromatic carbocycles. The van der Waals surface area contributed by atoms with Gasteiger partial charge in [0.1, 0.15) is 5.75 Å². The Balaban J connectivity index is 1.70. The van der Waals surface area contributed by atoms with E-state index in [0.29, 0.717) is 10.8 Å². The Morgan fingerprint density at radius 2 is 1.84 bits per heavy atom. The lowest BCUT2D eigenvalue weighted by atomic mass is 10.2. The predicted octanol–water partition coefficient (Wildman–Crippen LogP) is 2.80. The second-order valence-electron chi connectivity index (χ2n) is 5.51. The van der Waals surface area contributed by atoms with Crippen molar-refractivity contribution >= 4 is 23.4 Å². The summed E-state index contributed by atoms with van der Waals surface area (Å²) in [5, 5.41) is 24.0. The molecule has 1 aromatic heterocycles. The van der Waals surface area contributed by atoms with Gasteiger partial charge in [0, 0.05) is 5.69 Å². The minimum absolute atomic E-state index is 0.130. The molecule has 1 amide bonds. The lowest BCUT2D eigenvalue weighted by Gasteiger charge is -2.12. The van der Waals surface area contributed by atoms with Gasteiger partial charge in [0.05, 0.1) is 10.9 Å². The number of nitrogens with one attached hydrogen (secondary N) is 1. The zero-order chi connectivity index (χ0) is 17.8. The number of nitrogens with zero attached hydrogens (tertiary/aromatic N) is 4. The van der Waals surface area contributed by atoms with E-state index in [4.69, 9.17) is 0 Å². The number of tetrazole rings is 1. The van der Waals surface area contributed by atoms with Gasteiger partial charge in [-0.05, 0) is 60.7 Å². The molecule has 1 heterocycles. The van der Waals surface area contributed by atoms with Crippen LogP contribution in [0.4, 0.5) is 5.69 Å². The highest BCUT2D eigenvalue weighted by Gasteiger charge is 2.19. The Morgan fingerprint density at radius 1 is 1.16 bits per heavy atom. The molecule has 25 heavy (non-hydrogen) atoms. The Labute approximate surface area is 149 Å². The average molecular weight is 355 g/mol. The molecule has 2 N–H and O–H groups in total. The molecule has 0 unspecified atom stereocenters. The minimum Gasteiger partial charge on any atom is -0.508 e. The van der Waals surface area contributed by atoms with Crippen molar-refractivity contribution in [1.29, 1.82) is 0 Å². The van der Waals surface area contributed by atoms with Crippen molar-refractivity contribution in [3.8, 4) is 11.4 Å². The molecule has 3 rings (SSSR count). The molecule has 0 aliphatic rings. The Hall–Kier alpha value is -2.87. The number of aryl methyl sites for hydroxylation is 1. The summed E-state index contributed by atoms with van der Waals surface area (Å²) in [6.45, 7) is 3.79. The number of aromatic hydroxyl groups is 1. The van der Waals surface area contributed by atoms with Gasteiger partial charge in [-0.25, -0.2) is 0 Å². The normalized spacial score (nSPS) is 11.9. The summed E-state index contributed by atoms with van der Waals surface area (Å²) in [5.41, 5.74) is 2.59. The highest BCUT2D eigenvalue weighted by Crippen LogP contribution is 2.24. The van der Waals surface area contributed by atoms with Crippen molar-refractivity contribution in [3.05, 3.63) is 54.1 Å². The molecule has 0 saturated carbocycles. The Morgan fingerprint density at radius 3 is 2.52 bits per heavy atom. The maximum absolute atomic E-state index is 12.4. The summed E-state index contributed by atoms with van der Waals surface area (Å²) in [5.74, 6) is 0.0333. The van der Waals surface area contributed by atoms with Crippen LogP contribution in [0.3, 0.4) is 0 Å². The molecule has 0 aliphatic carbocycles. The van der Waals surface area contributed by atoms with Crippen LogP contribution in [0.5, 0.6) is 5.75 Å². The molecular weight excluding hydrogens is 338 g/mol. The second-order valence-corrected chi connectivity index (χ2v) is 6.81. The third-order valence-corrected chi connectivity index (χ3v) is 4.54. The van der Waals surface area contributed by atoms with Crippen LogP contribution in [0.15, 0.2) is 53.7 Å². The fraction of sp³-hybridized carbons (Fsp3) is 0.176. The van der Waals surface area contributed by atoms with Gasteiger partial charge in [-0.1, -0.05) is 29.5 Å². The number of benzene rings is 2. The zero-order valence-electron chi connectivity index (χ0n) is 13.7. The van der Waals surface area contributed by atoms with Gasteiger partial charge in [-0.15, -0.1) is 5.10 Å². The van der Waals surface area contributed by atoms with Gasteiger partial charge in [0.25, 0.3) is 0 Å². The summed E-state index contributed by atoms with van der Waals surface area (Å²) in [6.07, 6.45) is 0. The van der Waals surface area contributed by atoms with Crippen LogP contribution in [0.25, 0.3) is 5.69 Å². The van der Waals surface area contributed by atoms with E-state index in [0.717, 1.165) is 11.3 Å². The quantitative estimate of drug-likeness (QED) is 0.684. The summed E-state index contributed by atoms with van der Waals surface area (Å²) < 4.78 is 1.53. The van der Waals surface area contributed by atoms with Crippen molar-refractivity contribution in [2.24, 2.45) is 0 Å². The minimum atomic E-state index is -0.386. The monoisotopic (exact) mass is 355 g/mol. The molecule has 128 valence electrons. The number of thioether (sulfide) groups is 1. The first-order valence-corrected chi connectivity index (χ1v) is 8.53. The van der Waals surface area contributed by atoms with Crippen LogP contribution in [-0.4, -0.2) is 36.5 Å². The number of hydrogen-bond donors (Lipinski definition) is 2. The molecule has 8 heteroatoms. The van der Waals surface area contributed by atoms with Crippen LogP contribution >= 0.6 is 11.8 Å². The molecule has 7 nitrogen and oxygen atoms in total. The molecule has 0 aliphatic heterocycles. The van der Waals surface area contributed by atoms with E-state index >= 15 is 0 Å². The smallest absolute Gasteiger partial charge is 0.237 e. The number of rotatable bonds is 5. The van der Waals surface area contributed by atoms with Gasteiger partial charge in [-0.3, -0.25) is 4.79 Å². The van der Waals surface area contributed by atoms with Crippen molar-refractivity contribution in [2.45, 2.75) is 24.3 Å². The Bertz CT molecular complexity index is 862. The van der Waals surface area contributed by atoms with Crippen molar-refractivity contribution < 1.29 is 9.90 Å². The van der Waals surface area contributed by atoms with Crippen molar-refractivity contribution in [3.63, 3.8) is 0 Å². The van der Waals surface area contributed by atoms with Crippen molar-refractivity contribution in [1.82, 2.24) is 20.2 Å². The summed E-state index contributed by atoms with van der Waals surface area (Å²) in [7, 11) is 0. The van der Waals surface area contributed by atoms with Gasteiger partial charge in [-0.2, -0.15) is 4.68 Å². The third kappa shape index (κ3) is 4.16. The number of hydrogen-bond acceptors (Lipinski definition) is 6. The summed E-state index contributed by atoms with van der Waals surface area (Å²) in [4.78, 5) is 12.4. The topological polar surface area (TPSA) is 92.9 Å². The molecule has 3 aromatic rings. The average Bonchev–Trinajstić information content (AvgIpc) is 3.05. The lowest BCUT2D eigenvalue weighted by Crippen LogP contribution is -2.22. The maximum Gasteiger partial charge on any atom is 0.237 e. The van der Waals surface area contributed by atoms with E-state index in [-0.39, 0.29) is 16.9 Å². The molecule has 0 radical (unpaired) electrons. The highest BCUT2D eigenvalue weighted by atomic mass is 32.2. The van der Waals surface area contributed by atoms with Gasteiger partial charge < -0.3 is 10.4 Å². The van der Waals surface area contributed by atoms with Gasteiger partial charge in [0.15, 0.2) is 0 Å². The zero-order valence-corrected chi connectivity index (χ0v) is 14.6. The SMILES string of the molecule is Cc1ccc(NC(=O)[C@@H](C)Sc2nnnn2-c2ccc(O)cc2)cc1. The largest absolute Gasteiger partial charge is 0.508 e. The van der Waals surface area contributed by atoms with E-state index < -0.39 is 0 Å². The molecule has 0 spiro atoms. The van der Waals surface area contributed by atoms with Crippen LogP contribution in [0, 0.1) is 6.92 Å². The summed E-state index contributed by atoms with van der Waals surface area (Å²) >= 11 is 1.26. The molecule has 0 bridgehead atoms. The first kappa shape index (κ1) is 17.0. The fourth-order valence-corrected chi connectivity index (χ4v) is 2.91. The van der Waals surface area contributed by atoms with E-state index in [1.165, 1.54) is 16.4 Å². The summed E-state index contributed by atoms with van der Waals surface area (Å²) in [6, 6.07) is 14.1. The lowest BCUT2D eigenvalue weighted by molar-refractivity contribution is -0.115. The number of phenols is 1. The van der Waals surface area contributed by atoms with Crippen molar-refractivity contribution in [2.75, 3.05) is 5.32 Å². The molecule has 1 atom stereocenters. The van der Waals surface area contributed by atoms with Crippen LogP contribution in [-0.2, 0) is 4.79 Å². The molecule has 0 fully saturated rings. The number of carbonyl (C=O) groups excluding carboxylic acids is 1. The predicted molar refractivity (Wildman–Crippen MR) is 95.9 cm³/mol. The number of carbonyl (C=O) groups is 1. The number of amides is 1. The first-order chi connectivity index (χ1) is 12.0. The Kier molecular flexibility index (Phi) is 4.99. The van der Waals surface area contributed by atoms with Crippen LogP contribution < -0.4 is 5.32 Å². The second kappa shape index (κ2) is 7.35. The van der Waals surface area contributed by atoms with Gasteiger partial charge >= 0.3 is 0 Å². The standard InChI is InChI=1S/C17H17N5O2S/c1-11-3-5-13(6-4-11)18-16(24)12(2)25-17-19-20-21-22(17)14-7-9-15(23)10-8-14/h3-10,12,23H,1-2H3,(H,18,24)/t12-/m1/s1. The molecule has 0 saturated heterocycles. The van der Waals surface area contributed by atoms with E-state index in [1.54, 1.807) is 31.2 Å². The number of aromatic nitrogens is 4. The molecular formula is C17H17N5O2S. The van der Waals surface area contributed by atoms with Crippen LogP contribution in [0.1, 0.15) is 12.5 Å². The van der Waals surface area contributed by atoms with Crippen LogP contribution in [0.2, 0.25) is 0 Å². The van der Waals surface area contributed by atoms with Gasteiger partial charge in [0.2, 0.25) is 11.1 Å². The number of phenolic OH excluding ortho intramolecular Hbond substituents is 1. The maximum atomic E-state index is 12.4. The first-order valence-electron chi connectivity index (χ1n) is 7.65. The highest BCUT2D eigenvalue weighted by molar-refractivity contribution is 8.00. The van der Waals surface area contributed by atoms with E-state index in [9.17, 15) is 9.90 Å². The fourth-order valence-electron chi connectivity index (χ4n) is 2.10. The number of anilines is 1. The van der Waals surface area contributed by atoms with E-state index in [2.05, 4.69) is 20.8 Å². The third-order valence-electron chi connectivity index (χ3n) is 3.51.